The van der Waals surface area contributed by atoms with E-state index in [1.54, 1.807) is 0 Å². The molecule has 1 aromatic carbocycles. The fourth-order valence-electron chi connectivity index (χ4n) is 2.33. The van der Waals surface area contributed by atoms with E-state index in [0.29, 0.717) is 5.92 Å². The number of nitrogens with one attached hydrogen (secondary N) is 1. The molecule has 1 aromatic heterocycles. The summed E-state index contributed by atoms with van der Waals surface area (Å²) in [5, 5.41) is 2.44. The number of benzene rings is 1. The van der Waals surface area contributed by atoms with E-state index in [1.165, 1.54) is 29.2 Å². The lowest BCUT2D eigenvalue weighted by Crippen LogP contribution is -2.29. The molecule has 0 spiro atoms. The fraction of sp³-hybridized carbons (Fsp3) is 0.308. The van der Waals surface area contributed by atoms with Gasteiger partial charge in [-0.3, -0.25) is 16.3 Å². The van der Waals surface area contributed by atoms with Gasteiger partial charge in [0.05, 0.1) is 0 Å². The van der Waals surface area contributed by atoms with Crippen LogP contribution in [0.3, 0.4) is 0 Å². The van der Waals surface area contributed by atoms with Crippen molar-refractivity contribution in [3.8, 4) is 0 Å². The number of hydrazine groups is 1. The zero-order chi connectivity index (χ0) is 11.0. The van der Waals surface area contributed by atoms with Gasteiger partial charge < -0.3 is 0 Å². The summed E-state index contributed by atoms with van der Waals surface area (Å²) in [6, 6.07) is 8.67. The standard InChI is InChI=1S/C13H15N3/c14-16-13(9-4-5-9)12-3-1-2-10-8-15-7-6-11(10)12/h1-3,6-9,13,16H,4-5,14H2. The Kier molecular flexibility index (Phi) is 2.35. The van der Waals surface area contributed by atoms with Crippen LogP contribution in [0.25, 0.3) is 10.8 Å². The number of hydrogen-bond acceptors (Lipinski definition) is 3. The molecule has 16 heavy (non-hydrogen) atoms. The smallest absolute Gasteiger partial charge is 0.0494 e. The quantitative estimate of drug-likeness (QED) is 0.606. The molecule has 0 radical (unpaired) electrons. The summed E-state index contributed by atoms with van der Waals surface area (Å²) in [7, 11) is 0. The van der Waals surface area contributed by atoms with Gasteiger partial charge in [0.1, 0.15) is 0 Å². The highest BCUT2D eigenvalue weighted by Gasteiger charge is 2.32. The minimum atomic E-state index is 0.283. The lowest BCUT2D eigenvalue weighted by molar-refractivity contribution is 0.500. The van der Waals surface area contributed by atoms with Crippen molar-refractivity contribution in [2.24, 2.45) is 11.8 Å². The van der Waals surface area contributed by atoms with Crippen LogP contribution >= 0.6 is 0 Å². The molecule has 1 aliphatic rings. The highest BCUT2D eigenvalue weighted by molar-refractivity contribution is 5.85. The molecule has 3 N–H and O–H groups in total. The van der Waals surface area contributed by atoms with Crippen LogP contribution < -0.4 is 11.3 Å². The number of aromatic nitrogens is 1. The summed E-state index contributed by atoms with van der Waals surface area (Å²) in [6.45, 7) is 0. The van der Waals surface area contributed by atoms with Crippen LogP contribution in [0, 0.1) is 5.92 Å². The Morgan fingerprint density at radius 2 is 2.19 bits per heavy atom. The molecule has 0 bridgehead atoms. The van der Waals surface area contributed by atoms with Gasteiger partial charge >= 0.3 is 0 Å². The van der Waals surface area contributed by atoms with Crippen molar-refractivity contribution in [2.75, 3.05) is 0 Å². The van der Waals surface area contributed by atoms with Crippen molar-refractivity contribution in [3.05, 3.63) is 42.2 Å². The normalized spacial score (nSPS) is 17.6. The highest BCUT2D eigenvalue weighted by atomic mass is 15.2. The molecular weight excluding hydrogens is 198 g/mol. The predicted molar refractivity (Wildman–Crippen MR) is 64.5 cm³/mol. The number of fused-ring (bicyclic) bond motifs is 1. The number of rotatable bonds is 3. The molecule has 0 saturated heterocycles. The minimum absolute atomic E-state index is 0.283. The molecule has 3 heteroatoms. The van der Waals surface area contributed by atoms with Crippen molar-refractivity contribution in [2.45, 2.75) is 18.9 Å². The molecular formula is C13H15N3. The summed E-state index contributed by atoms with van der Waals surface area (Å²) in [4.78, 5) is 4.15. The van der Waals surface area contributed by atoms with Gasteiger partial charge in [-0.05, 0) is 35.8 Å². The third-order valence-electron chi connectivity index (χ3n) is 3.32. The van der Waals surface area contributed by atoms with Crippen LogP contribution in [-0.2, 0) is 0 Å². The maximum absolute atomic E-state index is 5.67. The van der Waals surface area contributed by atoms with E-state index in [4.69, 9.17) is 5.84 Å². The van der Waals surface area contributed by atoms with Crippen molar-refractivity contribution < 1.29 is 0 Å². The van der Waals surface area contributed by atoms with Crippen molar-refractivity contribution >= 4 is 10.8 Å². The van der Waals surface area contributed by atoms with E-state index in [0.717, 1.165) is 0 Å². The van der Waals surface area contributed by atoms with Gasteiger partial charge in [-0.2, -0.15) is 0 Å². The van der Waals surface area contributed by atoms with Crippen molar-refractivity contribution in [3.63, 3.8) is 0 Å². The lowest BCUT2D eigenvalue weighted by Gasteiger charge is -2.17. The van der Waals surface area contributed by atoms with Crippen molar-refractivity contribution in [1.82, 2.24) is 10.4 Å². The first kappa shape index (κ1) is 9.75. The Labute approximate surface area is 94.6 Å². The monoisotopic (exact) mass is 213 g/mol. The maximum atomic E-state index is 5.67. The first-order valence-corrected chi connectivity index (χ1v) is 5.69. The Balaban J connectivity index is 2.14. The molecule has 0 aliphatic heterocycles. The molecule has 0 amide bonds. The Hall–Kier alpha value is -1.45. The topological polar surface area (TPSA) is 50.9 Å². The summed E-state index contributed by atoms with van der Waals surface area (Å²) in [5.41, 5.74) is 4.25. The fourth-order valence-corrected chi connectivity index (χ4v) is 2.33. The third-order valence-corrected chi connectivity index (χ3v) is 3.32. The van der Waals surface area contributed by atoms with Crippen molar-refractivity contribution in [1.29, 1.82) is 0 Å². The number of nitrogens with zero attached hydrogens (tertiary/aromatic N) is 1. The van der Waals surface area contributed by atoms with Gasteiger partial charge in [-0.25, -0.2) is 0 Å². The molecule has 2 aromatic rings. The Morgan fingerprint density at radius 3 is 2.94 bits per heavy atom. The van der Waals surface area contributed by atoms with Crippen LogP contribution in [0.5, 0.6) is 0 Å². The first-order valence-electron chi connectivity index (χ1n) is 5.69. The van der Waals surface area contributed by atoms with Gasteiger partial charge in [-0.15, -0.1) is 0 Å². The largest absolute Gasteiger partial charge is 0.271 e. The second-order valence-electron chi connectivity index (χ2n) is 4.43. The summed E-state index contributed by atoms with van der Waals surface area (Å²) in [6.07, 6.45) is 6.29. The molecule has 82 valence electrons. The molecule has 1 fully saturated rings. The molecule has 1 unspecified atom stereocenters. The summed E-state index contributed by atoms with van der Waals surface area (Å²) >= 11 is 0. The molecule has 1 heterocycles. The van der Waals surface area contributed by atoms with E-state index >= 15 is 0 Å². The van der Waals surface area contributed by atoms with Crippen LogP contribution in [0.1, 0.15) is 24.4 Å². The van der Waals surface area contributed by atoms with E-state index in [2.05, 4.69) is 34.7 Å². The second kappa shape index (κ2) is 3.85. The molecule has 1 atom stereocenters. The summed E-state index contributed by atoms with van der Waals surface area (Å²) in [5.74, 6) is 6.37. The third kappa shape index (κ3) is 1.58. The molecule has 3 rings (SSSR count). The van der Waals surface area contributed by atoms with E-state index < -0.39 is 0 Å². The minimum Gasteiger partial charge on any atom is -0.271 e. The van der Waals surface area contributed by atoms with E-state index in [-0.39, 0.29) is 6.04 Å². The van der Waals surface area contributed by atoms with E-state index in [1.807, 2.05) is 12.4 Å². The van der Waals surface area contributed by atoms with Gasteiger partial charge in [0.25, 0.3) is 0 Å². The average molecular weight is 213 g/mol. The predicted octanol–water partition coefficient (Wildman–Crippen LogP) is 2.15. The van der Waals surface area contributed by atoms with Gasteiger partial charge in [0, 0.05) is 23.8 Å². The Morgan fingerprint density at radius 1 is 1.31 bits per heavy atom. The zero-order valence-electron chi connectivity index (χ0n) is 9.06. The molecule has 3 nitrogen and oxygen atoms in total. The number of nitrogens with two attached hydrogens (primary N) is 1. The van der Waals surface area contributed by atoms with Crippen LogP contribution in [0.15, 0.2) is 36.7 Å². The van der Waals surface area contributed by atoms with Gasteiger partial charge in [0.15, 0.2) is 0 Å². The average Bonchev–Trinajstić information content (AvgIpc) is 3.15. The second-order valence-corrected chi connectivity index (χ2v) is 4.43. The van der Waals surface area contributed by atoms with Crippen LogP contribution in [-0.4, -0.2) is 4.98 Å². The lowest BCUT2D eigenvalue weighted by atomic mass is 9.97. The highest BCUT2D eigenvalue weighted by Crippen LogP contribution is 2.42. The maximum Gasteiger partial charge on any atom is 0.0494 e. The van der Waals surface area contributed by atoms with Crippen LogP contribution in [0.2, 0.25) is 0 Å². The van der Waals surface area contributed by atoms with E-state index in [9.17, 15) is 0 Å². The van der Waals surface area contributed by atoms with Gasteiger partial charge in [0.2, 0.25) is 0 Å². The first-order chi connectivity index (χ1) is 7.90. The zero-order valence-corrected chi connectivity index (χ0v) is 9.06. The van der Waals surface area contributed by atoms with Crippen LogP contribution in [0.4, 0.5) is 0 Å². The van der Waals surface area contributed by atoms with Gasteiger partial charge in [-0.1, -0.05) is 18.2 Å². The number of hydrogen-bond donors (Lipinski definition) is 2. The Bertz CT molecular complexity index is 500. The number of pyridine rings is 1. The molecule has 1 aliphatic carbocycles. The molecule has 1 saturated carbocycles. The summed E-state index contributed by atoms with van der Waals surface area (Å²) < 4.78 is 0. The SMILES string of the molecule is NNC(c1cccc2cnccc12)C1CC1.